The summed E-state index contributed by atoms with van der Waals surface area (Å²) < 4.78 is 0. The van der Waals surface area contributed by atoms with Gasteiger partial charge in [0.15, 0.2) is 0 Å². The van der Waals surface area contributed by atoms with Crippen molar-refractivity contribution in [3.63, 3.8) is 0 Å². The number of aliphatic hydroxyl groups excluding tert-OH is 4. The molecule has 0 bridgehead atoms. The van der Waals surface area contributed by atoms with E-state index in [-0.39, 0.29) is 5.91 Å². The molecule has 10 nitrogen and oxygen atoms in total. The van der Waals surface area contributed by atoms with Crippen LogP contribution < -0.4 is 27.4 Å². The second-order valence-corrected chi connectivity index (χ2v) is 7.80. The Balaban J connectivity index is 3.41. The Morgan fingerprint density at radius 1 is 0.633 bits per heavy atom. The molecule has 0 radical (unpaired) electrons. The van der Waals surface area contributed by atoms with Gasteiger partial charge in [-0.25, -0.2) is 0 Å². The highest BCUT2D eigenvalue weighted by Crippen LogP contribution is 2.02. The van der Waals surface area contributed by atoms with Crippen LogP contribution in [0.5, 0.6) is 0 Å². The molecule has 1 amide bonds. The number of hydrogen-bond acceptors (Lipinski definition) is 9. The fourth-order valence-corrected chi connectivity index (χ4v) is 2.93. The van der Waals surface area contributed by atoms with E-state index in [1.54, 1.807) is 0 Å². The summed E-state index contributed by atoms with van der Waals surface area (Å²) in [5.41, 5.74) is 10.5. The van der Waals surface area contributed by atoms with E-state index in [4.69, 9.17) is 21.7 Å². The fourth-order valence-electron chi connectivity index (χ4n) is 2.93. The molecule has 180 valence electrons. The molecule has 0 aliphatic rings. The van der Waals surface area contributed by atoms with Crippen LogP contribution in [-0.4, -0.2) is 70.9 Å². The lowest BCUT2D eigenvalue weighted by Gasteiger charge is -2.15. The van der Waals surface area contributed by atoms with Gasteiger partial charge in [0.2, 0.25) is 5.91 Å². The molecule has 4 atom stereocenters. The molecular formula is C20H45N5O5. The Morgan fingerprint density at radius 2 is 1.07 bits per heavy atom. The molecule has 0 aromatic carbocycles. The number of nitrogens with two attached hydrogens (primary N) is 2. The maximum atomic E-state index is 11.6. The molecule has 0 rings (SSSR count). The second-order valence-electron chi connectivity index (χ2n) is 7.80. The van der Waals surface area contributed by atoms with Crippen molar-refractivity contribution < 1.29 is 25.2 Å². The van der Waals surface area contributed by atoms with Gasteiger partial charge in [-0.2, -0.15) is 0 Å². The van der Waals surface area contributed by atoms with Gasteiger partial charge in [0.1, 0.15) is 24.9 Å². The lowest BCUT2D eigenvalue weighted by Crippen LogP contribution is -2.31. The molecule has 0 aromatic heterocycles. The number of unbranched alkanes of at least 4 members (excludes halogenated alkanes) is 3. The van der Waals surface area contributed by atoms with Crippen LogP contribution in [0.2, 0.25) is 0 Å². The van der Waals surface area contributed by atoms with E-state index in [1.165, 1.54) is 0 Å². The van der Waals surface area contributed by atoms with E-state index in [0.717, 1.165) is 38.5 Å². The van der Waals surface area contributed by atoms with Crippen molar-refractivity contribution in [1.82, 2.24) is 16.0 Å². The minimum atomic E-state index is -0.860. The topological polar surface area (TPSA) is 186 Å². The van der Waals surface area contributed by atoms with Gasteiger partial charge in [0, 0.05) is 13.0 Å². The van der Waals surface area contributed by atoms with Crippen LogP contribution in [-0.2, 0) is 4.79 Å². The standard InChI is InChI=1S/C20H45N5O5/c21-16(26)8-1-4-13-23-18(28)10-2-5-14-24-19(29)11-3-6-15-25-20(30)12-7-9-17(22)27/h16-19,23-24,26-29H,1-15,21-22H2,(H,25,30). The van der Waals surface area contributed by atoms with E-state index in [2.05, 4.69) is 16.0 Å². The summed E-state index contributed by atoms with van der Waals surface area (Å²) in [6, 6.07) is 0. The summed E-state index contributed by atoms with van der Waals surface area (Å²) in [4.78, 5) is 11.6. The normalized spacial score (nSPS) is 15.5. The van der Waals surface area contributed by atoms with Crippen molar-refractivity contribution in [3.05, 3.63) is 0 Å². The average Bonchev–Trinajstić information content (AvgIpc) is 2.66. The summed E-state index contributed by atoms with van der Waals surface area (Å²) >= 11 is 0. The van der Waals surface area contributed by atoms with Gasteiger partial charge in [-0.1, -0.05) is 0 Å². The maximum Gasteiger partial charge on any atom is 0.219 e. The molecule has 11 N–H and O–H groups in total. The molecule has 0 saturated heterocycles. The number of hydrogen-bond donors (Lipinski definition) is 9. The second kappa shape index (κ2) is 20.1. The third kappa shape index (κ3) is 21.8. The quantitative estimate of drug-likeness (QED) is 0.0818. The van der Waals surface area contributed by atoms with Gasteiger partial charge in [-0.05, 0) is 83.7 Å². The predicted molar refractivity (Wildman–Crippen MR) is 117 cm³/mol. The monoisotopic (exact) mass is 435 g/mol. The van der Waals surface area contributed by atoms with Crippen molar-refractivity contribution in [2.45, 2.75) is 102 Å². The molecule has 0 aromatic rings. The zero-order valence-electron chi connectivity index (χ0n) is 18.3. The molecule has 0 fully saturated rings. The van der Waals surface area contributed by atoms with Crippen LogP contribution >= 0.6 is 0 Å². The first-order valence-electron chi connectivity index (χ1n) is 11.3. The van der Waals surface area contributed by atoms with Gasteiger partial charge in [0.05, 0.1) is 0 Å². The van der Waals surface area contributed by atoms with Crippen LogP contribution in [0.15, 0.2) is 0 Å². The van der Waals surface area contributed by atoms with Crippen molar-refractivity contribution in [1.29, 1.82) is 0 Å². The summed E-state index contributed by atoms with van der Waals surface area (Å²) in [6.45, 7) is 1.96. The summed E-state index contributed by atoms with van der Waals surface area (Å²) in [5, 5.41) is 46.6. The number of carbonyl (C=O) groups excluding carboxylic acids is 1. The average molecular weight is 436 g/mol. The fraction of sp³-hybridized carbons (Fsp3) is 0.950. The van der Waals surface area contributed by atoms with E-state index < -0.39 is 24.9 Å². The van der Waals surface area contributed by atoms with E-state index in [1.807, 2.05) is 0 Å². The lowest BCUT2D eigenvalue weighted by atomic mass is 10.2. The SMILES string of the molecule is NC(O)CCCCNC(O)CCCCNC(O)CCCCNC(=O)CCCC(N)O. The third-order valence-corrected chi connectivity index (χ3v) is 4.72. The molecule has 30 heavy (non-hydrogen) atoms. The Kier molecular flexibility index (Phi) is 19.5. The van der Waals surface area contributed by atoms with E-state index >= 15 is 0 Å². The smallest absolute Gasteiger partial charge is 0.219 e. The minimum Gasteiger partial charge on any atom is -0.379 e. The highest BCUT2D eigenvalue weighted by atomic mass is 16.3. The number of carbonyl (C=O) groups is 1. The van der Waals surface area contributed by atoms with Gasteiger partial charge in [0.25, 0.3) is 0 Å². The van der Waals surface area contributed by atoms with Crippen molar-refractivity contribution >= 4 is 5.91 Å². The lowest BCUT2D eigenvalue weighted by molar-refractivity contribution is -0.121. The van der Waals surface area contributed by atoms with Gasteiger partial charge in [-0.15, -0.1) is 0 Å². The van der Waals surface area contributed by atoms with Gasteiger partial charge in [-0.3, -0.25) is 15.4 Å². The first-order valence-corrected chi connectivity index (χ1v) is 11.3. The number of aliphatic hydroxyl groups is 4. The van der Waals surface area contributed by atoms with Crippen LogP contribution in [0, 0.1) is 0 Å². The summed E-state index contributed by atoms with van der Waals surface area (Å²) in [6.07, 6.45) is 5.49. The maximum absolute atomic E-state index is 11.6. The molecule has 0 aliphatic carbocycles. The molecule has 4 unspecified atom stereocenters. The molecule has 0 aliphatic heterocycles. The Bertz CT molecular complexity index is 402. The van der Waals surface area contributed by atoms with Crippen molar-refractivity contribution in [2.24, 2.45) is 11.5 Å². The van der Waals surface area contributed by atoms with Crippen molar-refractivity contribution in [3.8, 4) is 0 Å². The minimum absolute atomic E-state index is 0.0413. The van der Waals surface area contributed by atoms with Crippen molar-refractivity contribution in [2.75, 3.05) is 19.6 Å². The Morgan fingerprint density at radius 3 is 1.57 bits per heavy atom. The Labute approximate surface area is 180 Å². The van der Waals surface area contributed by atoms with Gasteiger partial charge < -0.3 is 37.2 Å². The molecule has 0 heterocycles. The highest BCUT2D eigenvalue weighted by molar-refractivity contribution is 5.75. The first kappa shape index (κ1) is 29.1. The number of rotatable bonds is 21. The first-order chi connectivity index (χ1) is 14.3. The molecule has 0 saturated carbocycles. The largest absolute Gasteiger partial charge is 0.379 e. The summed E-state index contributed by atoms with van der Waals surface area (Å²) in [5.74, 6) is -0.0413. The predicted octanol–water partition coefficient (Wildman–Crippen LogP) is -0.846. The molecular weight excluding hydrogens is 390 g/mol. The number of amides is 1. The van der Waals surface area contributed by atoms with Crippen LogP contribution in [0.25, 0.3) is 0 Å². The molecule has 0 spiro atoms. The highest BCUT2D eigenvalue weighted by Gasteiger charge is 2.06. The summed E-state index contributed by atoms with van der Waals surface area (Å²) in [7, 11) is 0. The number of nitrogens with one attached hydrogen (secondary N) is 3. The third-order valence-electron chi connectivity index (χ3n) is 4.72. The zero-order valence-corrected chi connectivity index (χ0v) is 18.3. The van der Waals surface area contributed by atoms with Crippen LogP contribution in [0.4, 0.5) is 0 Å². The van der Waals surface area contributed by atoms with Gasteiger partial charge >= 0.3 is 0 Å². The zero-order chi connectivity index (χ0) is 22.6. The van der Waals surface area contributed by atoms with Crippen LogP contribution in [0.1, 0.15) is 77.0 Å². The van der Waals surface area contributed by atoms with E-state index in [0.29, 0.717) is 58.2 Å². The van der Waals surface area contributed by atoms with Crippen LogP contribution in [0.3, 0.4) is 0 Å². The Hall–Kier alpha value is -0.850. The molecule has 10 heteroatoms. The van der Waals surface area contributed by atoms with E-state index in [9.17, 15) is 15.0 Å².